The molecule has 2 aromatic carbocycles. The van der Waals surface area contributed by atoms with Crippen LogP contribution in [0.3, 0.4) is 0 Å². The molecule has 1 aromatic heterocycles. The minimum absolute atomic E-state index is 0.0584. The van der Waals surface area contributed by atoms with E-state index in [0.717, 1.165) is 17.8 Å². The van der Waals surface area contributed by atoms with Crippen LogP contribution in [0, 0.1) is 5.82 Å². The monoisotopic (exact) mass is 427 g/mol. The average Bonchev–Trinajstić information content (AvgIpc) is 3.18. The van der Waals surface area contributed by atoms with Gasteiger partial charge in [0.2, 0.25) is 10.0 Å². The highest BCUT2D eigenvalue weighted by Gasteiger charge is 2.28. The van der Waals surface area contributed by atoms with Crippen molar-refractivity contribution in [3.05, 3.63) is 84.4 Å². The fourth-order valence-corrected chi connectivity index (χ4v) is 5.05. The molecule has 0 bridgehead atoms. The van der Waals surface area contributed by atoms with Gasteiger partial charge in [-0.3, -0.25) is 4.79 Å². The SMILES string of the molecule is O=C(c1cccc(-n2cccc2)c1)N1CCCN(S(=O)(=O)c2ccc(F)cc2)CC1. The molecule has 0 radical (unpaired) electrons. The largest absolute Gasteiger partial charge is 0.337 e. The quantitative estimate of drug-likeness (QED) is 0.643. The Morgan fingerprint density at radius 2 is 1.60 bits per heavy atom. The van der Waals surface area contributed by atoms with E-state index in [9.17, 15) is 17.6 Å². The van der Waals surface area contributed by atoms with Crippen LogP contribution < -0.4 is 0 Å². The Hall–Kier alpha value is -2.97. The number of carbonyl (C=O) groups is 1. The van der Waals surface area contributed by atoms with Crippen molar-refractivity contribution in [2.24, 2.45) is 0 Å². The summed E-state index contributed by atoms with van der Waals surface area (Å²) in [5, 5.41) is 0. The van der Waals surface area contributed by atoms with Crippen molar-refractivity contribution in [1.82, 2.24) is 13.8 Å². The molecule has 1 aliphatic rings. The number of hydrogen-bond donors (Lipinski definition) is 0. The van der Waals surface area contributed by atoms with Gasteiger partial charge < -0.3 is 9.47 Å². The molecule has 0 spiro atoms. The fraction of sp³-hybridized carbons (Fsp3) is 0.227. The lowest BCUT2D eigenvalue weighted by Gasteiger charge is -2.22. The third-order valence-corrected chi connectivity index (χ3v) is 7.10. The van der Waals surface area contributed by atoms with Gasteiger partial charge in [0.15, 0.2) is 0 Å². The predicted octanol–water partition coefficient (Wildman–Crippen LogP) is 3.15. The number of rotatable bonds is 4. The number of carbonyl (C=O) groups excluding carboxylic acids is 1. The van der Waals surface area contributed by atoms with E-state index in [0.29, 0.717) is 31.6 Å². The Kier molecular flexibility index (Phi) is 5.69. The summed E-state index contributed by atoms with van der Waals surface area (Å²) in [5.74, 6) is -0.603. The van der Waals surface area contributed by atoms with E-state index in [1.54, 1.807) is 11.0 Å². The third kappa shape index (κ3) is 4.15. The highest BCUT2D eigenvalue weighted by atomic mass is 32.2. The number of nitrogens with zero attached hydrogens (tertiary/aromatic N) is 3. The van der Waals surface area contributed by atoms with Crippen molar-refractivity contribution in [3.8, 4) is 5.69 Å². The molecule has 30 heavy (non-hydrogen) atoms. The average molecular weight is 428 g/mol. The zero-order valence-electron chi connectivity index (χ0n) is 16.3. The van der Waals surface area contributed by atoms with Crippen molar-refractivity contribution in [2.45, 2.75) is 11.3 Å². The Bertz CT molecular complexity index is 1130. The molecule has 0 N–H and O–H groups in total. The second-order valence-electron chi connectivity index (χ2n) is 7.14. The smallest absolute Gasteiger partial charge is 0.253 e. The molecule has 1 fully saturated rings. The summed E-state index contributed by atoms with van der Waals surface area (Å²) in [7, 11) is -3.73. The summed E-state index contributed by atoms with van der Waals surface area (Å²) in [6, 6.07) is 16.0. The number of halogens is 1. The van der Waals surface area contributed by atoms with Crippen LogP contribution in [0.4, 0.5) is 4.39 Å². The molecular formula is C22H22FN3O3S. The topological polar surface area (TPSA) is 62.6 Å². The lowest BCUT2D eigenvalue weighted by Crippen LogP contribution is -2.37. The van der Waals surface area contributed by atoms with Gasteiger partial charge >= 0.3 is 0 Å². The Balaban J connectivity index is 1.48. The van der Waals surface area contributed by atoms with Crippen LogP contribution in [0.25, 0.3) is 5.69 Å². The molecule has 1 amide bonds. The fourth-order valence-electron chi connectivity index (χ4n) is 3.58. The first-order valence-electron chi connectivity index (χ1n) is 9.73. The van der Waals surface area contributed by atoms with Crippen LogP contribution in [-0.4, -0.2) is 54.3 Å². The van der Waals surface area contributed by atoms with E-state index in [1.807, 2.05) is 47.3 Å². The maximum Gasteiger partial charge on any atom is 0.253 e. The molecular weight excluding hydrogens is 405 g/mol. The van der Waals surface area contributed by atoms with Crippen LogP contribution in [0.1, 0.15) is 16.8 Å². The van der Waals surface area contributed by atoms with Crippen molar-refractivity contribution >= 4 is 15.9 Å². The highest BCUT2D eigenvalue weighted by Crippen LogP contribution is 2.20. The molecule has 156 valence electrons. The highest BCUT2D eigenvalue weighted by molar-refractivity contribution is 7.89. The minimum Gasteiger partial charge on any atom is -0.337 e. The van der Waals surface area contributed by atoms with Gasteiger partial charge in [-0.05, 0) is 61.0 Å². The molecule has 1 aliphatic heterocycles. The first-order valence-corrected chi connectivity index (χ1v) is 11.2. The van der Waals surface area contributed by atoms with Gasteiger partial charge in [-0.15, -0.1) is 0 Å². The molecule has 0 aliphatic carbocycles. The second-order valence-corrected chi connectivity index (χ2v) is 9.08. The van der Waals surface area contributed by atoms with Crippen LogP contribution in [0.2, 0.25) is 0 Å². The van der Waals surface area contributed by atoms with Gasteiger partial charge in [0.25, 0.3) is 5.91 Å². The van der Waals surface area contributed by atoms with Crippen molar-refractivity contribution in [1.29, 1.82) is 0 Å². The summed E-state index contributed by atoms with van der Waals surface area (Å²) in [4.78, 5) is 14.8. The zero-order valence-corrected chi connectivity index (χ0v) is 17.1. The van der Waals surface area contributed by atoms with E-state index in [4.69, 9.17) is 0 Å². The molecule has 0 atom stereocenters. The van der Waals surface area contributed by atoms with Crippen LogP contribution in [0.15, 0.2) is 78.0 Å². The Morgan fingerprint density at radius 3 is 2.33 bits per heavy atom. The Labute approximate surface area is 175 Å². The van der Waals surface area contributed by atoms with Crippen molar-refractivity contribution < 1.29 is 17.6 Å². The van der Waals surface area contributed by atoms with Gasteiger partial charge in [-0.2, -0.15) is 4.31 Å². The molecule has 0 saturated carbocycles. The molecule has 8 heteroatoms. The van der Waals surface area contributed by atoms with E-state index >= 15 is 0 Å². The first kappa shape index (κ1) is 20.3. The zero-order chi connectivity index (χ0) is 21.1. The van der Waals surface area contributed by atoms with Crippen LogP contribution in [0.5, 0.6) is 0 Å². The van der Waals surface area contributed by atoms with Crippen LogP contribution in [-0.2, 0) is 10.0 Å². The summed E-state index contributed by atoms with van der Waals surface area (Å²) in [6.07, 6.45) is 4.35. The summed E-state index contributed by atoms with van der Waals surface area (Å²) < 4.78 is 42.2. The molecule has 4 rings (SSSR count). The lowest BCUT2D eigenvalue weighted by molar-refractivity contribution is 0.0764. The standard InChI is InChI=1S/C22H22FN3O3S/c23-19-7-9-21(10-8-19)30(28,29)26-14-4-13-25(15-16-26)22(27)18-5-3-6-20(17-18)24-11-1-2-12-24/h1-3,5-12,17H,4,13-16H2. The maximum absolute atomic E-state index is 13.1. The van der Waals surface area contributed by atoms with E-state index in [-0.39, 0.29) is 17.3 Å². The molecule has 0 unspecified atom stereocenters. The molecule has 2 heterocycles. The predicted molar refractivity (Wildman–Crippen MR) is 111 cm³/mol. The number of hydrogen-bond acceptors (Lipinski definition) is 3. The third-order valence-electron chi connectivity index (χ3n) is 5.19. The summed E-state index contributed by atoms with van der Waals surface area (Å²) in [5.41, 5.74) is 1.46. The first-order chi connectivity index (χ1) is 14.4. The van der Waals surface area contributed by atoms with Gasteiger partial charge in [0, 0.05) is 49.8 Å². The summed E-state index contributed by atoms with van der Waals surface area (Å²) in [6.45, 7) is 1.28. The molecule has 3 aromatic rings. The molecule has 1 saturated heterocycles. The number of benzene rings is 2. The Morgan fingerprint density at radius 1 is 0.867 bits per heavy atom. The van der Waals surface area contributed by atoms with E-state index < -0.39 is 15.8 Å². The number of aromatic nitrogens is 1. The van der Waals surface area contributed by atoms with E-state index in [1.165, 1.54) is 16.4 Å². The van der Waals surface area contributed by atoms with Crippen molar-refractivity contribution in [2.75, 3.05) is 26.2 Å². The van der Waals surface area contributed by atoms with Gasteiger partial charge in [0.1, 0.15) is 5.82 Å². The van der Waals surface area contributed by atoms with Crippen LogP contribution >= 0.6 is 0 Å². The van der Waals surface area contributed by atoms with E-state index in [2.05, 4.69) is 0 Å². The number of sulfonamides is 1. The number of amides is 1. The normalized spacial score (nSPS) is 15.7. The van der Waals surface area contributed by atoms with Gasteiger partial charge in [-0.1, -0.05) is 6.07 Å². The summed E-state index contributed by atoms with van der Waals surface area (Å²) >= 11 is 0. The second kappa shape index (κ2) is 8.41. The lowest BCUT2D eigenvalue weighted by atomic mass is 10.1. The van der Waals surface area contributed by atoms with Crippen molar-refractivity contribution in [3.63, 3.8) is 0 Å². The van der Waals surface area contributed by atoms with Gasteiger partial charge in [0.05, 0.1) is 4.90 Å². The van der Waals surface area contributed by atoms with Gasteiger partial charge in [-0.25, -0.2) is 12.8 Å². The maximum atomic E-state index is 13.1. The minimum atomic E-state index is -3.73. The molecule has 6 nitrogen and oxygen atoms in total.